The molecule has 288 valence electrons. The molecule has 0 aliphatic heterocycles. The molecular formula is C51H41N5S3. The lowest BCUT2D eigenvalue weighted by molar-refractivity contribution is 1.02. The van der Waals surface area contributed by atoms with Gasteiger partial charge in [0.2, 0.25) is 0 Å². The van der Waals surface area contributed by atoms with Crippen LogP contribution in [0.2, 0.25) is 0 Å². The number of para-hydroxylation sites is 2. The maximum Gasteiger partial charge on any atom is 0.158 e. The predicted octanol–water partition coefficient (Wildman–Crippen LogP) is 13.8. The van der Waals surface area contributed by atoms with Crippen LogP contribution in [0.25, 0.3) is 75.2 Å². The monoisotopic (exact) mass is 819 g/mol. The number of hydrogen-bond acceptors (Lipinski definition) is 4. The summed E-state index contributed by atoms with van der Waals surface area (Å²) in [6, 6.07) is 46.2. The van der Waals surface area contributed by atoms with Crippen molar-refractivity contribution in [2.24, 2.45) is 15.7 Å². The van der Waals surface area contributed by atoms with Crippen molar-refractivity contribution in [3.63, 3.8) is 0 Å². The minimum Gasteiger partial charge on any atom is -0.383 e. The van der Waals surface area contributed by atoms with Gasteiger partial charge in [-0.25, -0.2) is 4.99 Å². The number of hydrogen-bond donors (Lipinski definition) is 3. The Bertz CT molecular complexity index is 3280. The molecule has 0 atom stereocenters. The summed E-state index contributed by atoms with van der Waals surface area (Å²) >= 11 is 8.24. The zero-order chi connectivity index (χ0) is 39.9. The van der Waals surface area contributed by atoms with Crippen molar-refractivity contribution in [2.75, 3.05) is 0 Å². The van der Waals surface area contributed by atoms with Crippen LogP contribution in [0.1, 0.15) is 36.8 Å². The lowest BCUT2D eigenvalue weighted by Gasteiger charge is -2.14. The summed E-state index contributed by atoms with van der Waals surface area (Å²) in [5.74, 6) is 1.12. The van der Waals surface area contributed by atoms with Crippen LogP contribution in [-0.4, -0.2) is 20.8 Å². The molecule has 59 heavy (non-hydrogen) atoms. The van der Waals surface area contributed by atoms with E-state index in [4.69, 9.17) is 15.7 Å². The SMILES string of the molecule is NC(=NC(=NCc1ccccc1)c1cc(-n2c3ccccc3c3cc4c(cc32)c2ccccc2n4C2=CCCC=C2)cc2c1sc1ccccc12)C1=CCCC=C1.SS. The van der Waals surface area contributed by atoms with Crippen molar-refractivity contribution < 1.29 is 0 Å². The van der Waals surface area contributed by atoms with Crippen LogP contribution in [0.4, 0.5) is 0 Å². The molecule has 2 N–H and O–H groups in total. The molecule has 0 amide bonds. The maximum absolute atomic E-state index is 6.85. The maximum atomic E-state index is 6.85. The molecular weight excluding hydrogens is 779 g/mol. The molecule has 0 spiro atoms. The molecule has 0 unspecified atom stereocenters. The first-order chi connectivity index (χ1) is 29.2. The van der Waals surface area contributed by atoms with E-state index in [1.54, 1.807) is 11.3 Å². The Kier molecular flexibility index (Phi) is 10.1. The number of benzene rings is 6. The first-order valence-corrected chi connectivity index (χ1v) is 22.4. The zero-order valence-corrected chi connectivity index (χ0v) is 34.9. The smallest absolute Gasteiger partial charge is 0.158 e. The second-order valence-corrected chi connectivity index (χ2v) is 16.0. The van der Waals surface area contributed by atoms with Crippen molar-refractivity contribution in [1.29, 1.82) is 0 Å². The first-order valence-electron chi connectivity index (χ1n) is 20.0. The molecule has 0 saturated heterocycles. The third-order valence-electron chi connectivity index (χ3n) is 11.4. The number of nitrogens with two attached hydrogens (primary N) is 1. The van der Waals surface area contributed by atoms with Gasteiger partial charge in [-0.05, 0) is 79.8 Å². The normalized spacial score (nSPS) is 14.7. The van der Waals surface area contributed by atoms with E-state index in [2.05, 4.69) is 190 Å². The molecule has 3 aromatic heterocycles. The Labute approximate surface area is 357 Å². The molecule has 2 aliphatic rings. The van der Waals surface area contributed by atoms with Gasteiger partial charge in [-0.2, -0.15) is 0 Å². The van der Waals surface area contributed by atoms with Crippen LogP contribution >= 0.6 is 34.7 Å². The van der Waals surface area contributed by atoms with E-state index >= 15 is 0 Å². The van der Waals surface area contributed by atoms with E-state index < -0.39 is 0 Å². The topological polar surface area (TPSA) is 60.6 Å². The molecule has 0 saturated carbocycles. The van der Waals surface area contributed by atoms with Crippen molar-refractivity contribution in [3.05, 3.63) is 181 Å². The number of fused-ring (bicyclic) bond motifs is 9. The van der Waals surface area contributed by atoms with E-state index in [1.807, 2.05) is 6.07 Å². The molecule has 0 bridgehead atoms. The van der Waals surface area contributed by atoms with E-state index in [0.29, 0.717) is 18.2 Å². The van der Waals surface area contributed by atoms with Gasteiger partial charge in [0, 0.05) is 64.2 Å². The zero-order valence-electron chi connectivity index (χ0n) is 32.3. The Hall–Kier alpha value is -6.06. The fourth-order valence-corrected chi connectivity index (χ4v) is 9.97. The van der Waals surface area contributed by atoms with Gasteiger partial charge in [0.05, 0.1) is 28.6 Å². The standard InChI is InChI=1S/C51H39N5S.H2S2/c52-50(34-18-6-2-7-19-34)54-51(53-32-33-16-4-1-5-17-33)43-29-36(28-42-39-24-12-15-27-48(39)57-49(42)43)56-45-26-14-11-23-38(45)41-30-46-40(31-47(41)56)37-22-10-13-25-44(37)55(46)35-20-8-3-9-21-35;1-2/h1,4-6,8,10-31H,2-3,7,9,32H2,(H2,52,53,54);1-2H. The number of thiophene rings is 1. The number of nitrogens with zero attached hydrogens (tertiary/aromatic N) is 4. The second kappa shape index (κ2) is 15.9. The highest BCUT2D eigenvalue weighted by molar-refractivity contribution is 8.59. The second-order valence-electron chi connectivity index (χ2n) is 14.9. The van der Waals surface area contributed by atoms with Crippen LogP contribution in [0.15, 0.2) is 179 Å². The largest absolute Gasteiger partial charge is 0.383 e. The molecule has 6 aromatic carbocycles. The highest BCUT2D eigenvalue weighted by Crippen LogP contribution is 2.43. The van der Waals surface area contributed by atoms with Gasteiger partial charge in [0.15, 0.2) is 5.84 Å². The third kappa shape index (κ3) is 6.61. The third-order valence-corrected chi connectivity index (χ3v) is 12.7. The summed E-state index contributed by atoms with van der Waals surface area (Å²) in [4.78, 5) is 10.5. The number of aliphatic imine (C=N–C) groups is 2. The predicted molar refractivity (Wildman–Crippen MR) is 262 cm³/mol. The average molecular weight is 820 g/mol. The van der Waals surface area contributed by atoms with Crippen molar-refractivity contribution in [2.45, 2.75) is 32.2 Å². The summed E-state index contributed by atoms with van der Waals surface area (Å²) in [6.07, 6.45) is 17.4. The van der Waals surface area contributed by atoms with Crippen LogP contribution in [-0.2, 0) is 6.54 Å². The highest BCUT2D eigenvalue weighted by atomic mass is 33.1. The number of allylic oxidation sites excluding steroid dienone is 6. The van der Waals surface area contributed by atoms with Gasteiger partial charge in [-0.1, -0.05) is 115 Å². The van der Waals surface area contributed by atoms with Gasteiger partial charge in [-0.15, -0.1) is 34.7 Å². The van der Waals surface area contributed by atoms with E-state index in [0.717, 1.165) is 63.8 Å². The average Bonchev–Trinajstić information content (AvgIpc) is 3.95. The molecule has 0 fully saturated rings. The van der Waals surface area contributed by atoms with E-state index in [1.165, 1.54) is 53.7 Å². The number of rotatable bonds is 6. The number of amidine groups is 2. The van der Waals surface area contributed by atoms with Crippen molar-refractivity contribution in [1.82, 2.24) is 9.13 Å². The van der Waals surface area contributed by atoms with Gasteiger partial charge >= 0.3 is 0 Å². The van der Waals surface area contributed by atoms with Crippen LogP contribution in [0.3, 0.4) is 0 Å². The number of thiol groups is 2. The Morgan fingerprint density at radius 1 is 0.593 bits per heavy atom. The van der Waals surface area contributed by atoms with Crippen LogP contribution in [0, 0.1) is 0 Å². The fourth-order valence-electron chi connectivity index (χ4n) is 8.77. The molecule has 9 aromatic rings. The first kappa shape index (κ1) is 37.2. The molecule has 0 radical (unpaired) electrons. The Balaban J connectivity index is 0.00000207. The van der Waals surface area contributed by atoms with Crippen molar-refractivity contribution in [3.8, 4) is 5.69 Å². The molecule has 5 nitrogen and oxygen atoms in total. The summed E-state index contributed by atoms with van der Waals surface area (Å²) in [5.41, 5.74) is 16.9. The van der Waals surface area contributed by atoms with Gasteiger partial charge < -0.3 is 14.9 Å². The van der Waals surface area contributed by atoms with E-state index in [9.17, 15) is 0 Å². The summed E-state index contributed by atoms with van der Waals surface area (Å²) < 4.78 is 7.27. The lowest BCUT2D eigenvalue weighted by Crippen LogP contribution is -2.18. The summed E-state index contributed by atoms with van der Waals surface area (Å²) in [7, 11) is 0. The summed E-state index contributed by atoms with van der Waals surface area (Å²) in [5, 5.41) is 7.32. The fraction of sp³-hybridized carbons (Fsp3) is 0.0980. The summed E-state index contributed by atoms with van der Waals surface area (Å²) in [6.45, 7) is 0.488. The molecule has 11 rings (SSSR count). The highest BCUT2D eigenvalue weighted by Gasteiger charge is 2.22. The van der Waals surface area contributed by atoms with Crippen LogP contribution in [0.5, 0.6) is 0 Å². The minimum absolute atomic E-state index is 0.482. The quantitative estimate of drug-likeness (QED) is 0.0665. The number of aromatic nitrogens is 2. The van der Waals surface area contributed by atoms with Gasteiger partial charge in [0.25, 0.3) is 0 Å². The molecule has 2 aliphatic carbocycles. The molecule has 8 heteroatoms. The van der Waals surface area contributed by atoms with Crippen LogP contribution < -0.4 is 5.73 Å². The molecule has 3 heterocycles. The lowest BCUT2D eigenvalue weighted by atomic mass is 10.1. The van der Waals surface area contributed by atoms with Gasteiger partial charge in [0.1, 0.15) is 5.84 Å². The Morgan fingerprint density at radius 2 is 1.22 bits per heavy atom. The van der Waals surface area contributed by atoms with Gasteiger partial charge in [-0.3, -0.25) is 4.99 Å². The Morgan fingerprint density at radius 3 is 1.92 bits per heavy atom. The van der Waals surface area contributed by atoms with E-state index in [-0.39, 0.29) is 0 Å². The minimum atomic E-state index is 0.482. The van der Waals surface area contributed by atoms with Crippen molar-refractivity contribution >= 4 is 116 Å².